The third kappa shape index (κ3) is 1.93. The molecular formula is C14H8F3NO3. The maximum Gasteiger partial charge on any atom is 0.416 e. The quantitative estimate of drug-likeness (QED) is 0.758. The lowest BCUT2D eigenvalue weighted by molar-refractivity contribution is -0.137. The second-order valence-electron chi connectivity index (χ2n) is 4.57. The highest BCUT2D eigenvalue weighted by molar-refractivity contribution is 6.34. The van der Waals surface area contributed by atoms with Crippen LogP contribution in [-0.2, 0) is 6.18 Å². The minimum Gasteiger partial charge on any atom is -0.468 e. The lowest BCUT2D eigenvalue weighted by Crippen LogP contribution is -2.30. The number of halogens is 3. The van der Waals surface area contributed by atoms with Gasteiger partial charge in [0, 0.05) is 0 Å². The molecule has 0 atom stereocenters. The first-order valence-electron chi connectivity index (χ1n) is 5.95. The van der Waals surface area contributed by atoms with Gasteiger partial charge in [-0.3, -0.25) is 9.59 Å². The topological polar surface area (TPSA) is 50.5 Å². The first-order valence-corrected chi connectivity index (χ1v) is 5.95. The SMILES string of the molecule is Cc1occ2c1C(=O)N(c1cccc(C(F)(F)F)c1)C2=O. The number of alkyl halides is 3. The van der Waals surface area contributed by atoms with E-state index < -0.39 is 23.6 Å². The van der Waals surface area contributed by atoms with Gasteiger partial charge < -0.3 is 4.42 Å². The van der Waals surface area contributed by atoms with Gasteiger partial charge in [0.1, 0.15) is 12.0 Å². The fourth-order valence-corrected chi connectivity index (χ4v) is 2.26. The molecule has 4 nitrogen and oxygen atoms in total. The van der Waals surface area contributed by atoms with E-state index in [9.17, 15) is 22.8 Å². The minimum atomic E-state index is -4.55. The van der Waals surface area contributed by atoms with Crippen LogP contribution in [0.1, 0.15) is 32.0 Å². The van der Waals surface area contributed by atoms with Crippen LogP contribution in [0.15, 0.2) is 34.9 Å². The Morgan fingerprint density at radius 3 is 2.48 bits per heavy atom. The number of furan rings is 1. The molecule has 3 rings (SSSR count). The van der Waals surface area contributed by atoms with Crippen molar-refractivity contribution in [2.75, 3.05) is 4.90 Å². The monoisotopic (exact) mass is 295 g/mol. The summed E-state index contributed by atoms with van der Waals surface area (Å²) in [6.45, 7) is 1.51. The molecule has 1 aromatic heterocycles. The van der Waals surface area contributed by atoms with Crippen molar-refractivity contribution in [3.63, 3.8) is 0 Å². The minimum absolute atomic E-state index is 0.0647. The van der Waals surface area contributed by atoms with Gasteiger partial charge in [-0.15, -0.1) is 0 Å². The van der Waals surface area contributed by atoms with Crippen LogP contribution in [0, 0.1) is 6.92 Å². The Morgan fingerprint density at radius 2 is 1.86 bits per heavy atom. The van der Waals surface area contributed by atoms with Crippen molar-refractivity contribution in [3.05, 3.63) is 53.0 Å². The molecule has 0 saturated heterocycles. The Bertz CT molecular complexity index is 761. The number of amides is 2. The van der Waals surface area contributed by atoms with Gasteiger partial charge in [-0.2, -0.15) is 13.2 Å². The highest BCUT2D eigenvalue weighted by Gasteiger charge is 2.41. The summed E-state index contributed by atoms with van der Waals surface area (Å²) in [5.41, 5.74) is -0.878. The number of hydrogen-bond donors (Lipinski definition) is 0. The third-order valence-corrected chi connectivity index (χ3v) is 3.26. The van der Waals surface area contributed by atoms with Crippen molar-refractivity contribution in [1.82, 2.24) is 0 Å². The zero-order valence-corrected chi connectivity index (χ0v) is 10.7. The Hall–Kier alpha value is -2.57. The molecule has 2 aromatic rings. The van der Waals surface area contributed by atoms with Crippen LogP contribution >= 0.6 is 0 Å². The van der Waals surface area contributed by atoms with Crippen molar-refractivity contribution < 1.29 is 27.2 Å². The fraction of sp³-hybridized carbons (Fsp3) is 0.143. The summed E-state index contributed by atoms with van der Waals surface area (Å²) in [6.07, 6.45) is -3.41. The summed E-state index contributed by atoms with van der Waals surface area (Å²) < 4.78 is 43.1. The van der Waals surface area contributed by atoms with Crippen molar-refractivity contribution in [1.29, 1.82) is 0 Å². The number of rotatable bonds is 1. The second-order valence-corrected chi connectivity index (χ2v) is 4.57. The van der Waals surface area contributed by atoms with Crippen LogP contribution in [0.25, 0.3) is 0 Å². The van der Waals surface area contributed by atoms with E-state index in [1.54, 1.807) is 0 Å². The lowest BCUT2D eigenvalue weighted by Gasteiger charge is -2.16. The van der Waals surface area contributed by atoms with Gasteiger partial charge in [-0.05, 0) is 25.1 Å². The fourth-order valence-electron chi connectivity index (χ4n) is 2.26. The van der Waals surface area contributed by atoms with Crippen LogP contribution in [-0.4, -0.2) is 11.8 Å². The van der Waals surface area contributed by atoms with Crippen LogP contribution in [0.3, 0.4) is 0 Å². The second kappa shape index (κ2) is 4.21. The molecule has 0 radical (unpaired) electrons. The number of hydrogen-bond acceptors (Lipinski definition) is 3. The van der Waals surface area contributed by atoms with E-state index in [1.807, 2.05) is 0 Å². The predicted octanol–water partition coefficient (Wildman–Crippen LogP) is 3.41. The van der Waals surface area contributed by atoms with Crippen molar-refractivity contribution in [3.8, 4) is 0 Å². The van der Waals surface area contributed by atoms with E-state index in [2.05, 4.69) is 0 Å². The van der Waals surface area contributed by atoms with E-state index >= 15 is 0 Å². The van der Waals surface area contributed by atoms with Crippen LogP contribution in [0.2, 0.25) is 0 Å². The van der Waals surface area contributed by atoms with Crippen molar-refractivity contribution >= 4 is 17.5 Å². The summed E-state index contributed by atoms with van der Waals surface area (Å²) in [7, 11) is 0. The van der Waals surface area contributed by atoms with E-state index in [0.29, 0.717) is 0 Å². The van der Waals surface area contributed by atoms with Gasteiger partial charge in [-0.1, -0.05) is 6.07 Å². The number of nitrogens with zero attached hydrogens (tertiary/aromatic N) is 1. The van der Waals surface area contributed by atoms with Crippen molar-refractivity contribution in [2.45, 2.75) is 13.1 Å². The number of carbonyl (C=O) groups excluding carboxylic acids is 2. The molecule has 1 aromatic carbocycles. The Labute approximate surface area is 116 Å². The average molecular weight is 295 g/mol. The summed E-state index contributed by atoms with van der Waals surface area (Å²) in [5, 5.41) is 0. The molecule has 2 heterocycles. The molecule has 0 saturated carbocycles. The van der Waals surface area contributed by atoms with Gasteiger partial charge in [0.05, 0.1) is 22.4 Å². The summed E-state index contributed by atoms with van der Waals surface area (Å²) in [4.78, 5) is 25.1. The van der Waals surface area contributed by atoms with Crippen LogP contribution < -0.4 is 4.90 Å². The molecule has 0 fully saturated rings. The smallest absolute Gasteiger partial charge is 0.416 e. The van der Waals surface area contributed by atoms with E-state index in [0.717, 1.165) is 29.4 Å². The molecular weight excluding hydrogens is 287 g/mol. The normalized spacial score (nSPS) is 14.8. The molecule has 0 unspecified atom stereocenters. The molecule has 2 amide bonds. The summed E-state index contributed by atoms with van der Waals surface area (Å²) in [6, 6.07) is 4.08. The number of benzene rings is 1. The number of imide groups is 1. The molecule has 21 heavy (non-hydrogen) atoms. The predicted molar refractivity (Wildman–Crippen MR) is 66.0 cm³/mol. The maximum atomic E-state index is 12.7. The van der Waals surface area contributed by atoms with Gasteiger partial charge in [0.25, 0.3) is 11.8 Å². The standard InChI is InChI=1S/C14H8F3NO3/c1-7-11-10(6-21-7)12(19)18(13(11)20)9-4-2-3-8(5-9)14(15,16)17/h2-6H,1H3. The molecule has 0 aliphatic carbocycles. The molecule has 1 aliphatic heterocycles. The molecule has 0 bridgehead atoms. The number of fused-ring (bicyclic) bond motifs is 1. The van der Waals surface area contributed by atoms with Gasteiger partial charge >= 0.3 is 6.18 Å². The Balaban J connectivity index is 2.07. The summed E-state index contributed by atoms with van der Waals surface area (Å²) in [5.74, 6) is -1.11. The third-order valence-electron chi connectivity index (χ3n) is 3.26. The van der Waals surface area contributed by atoms with E-state index in [4.69, 9.17) is 4.42 Å². The van der Waals surface area contributed by atoms with E-state index in [-0.39, 0.29) is 22.6 Å². The zero-order valence-electron chi connectivity index (χ0n) is 10.7. The first kappa shape index (κ1) is 13.4. The lowest BCUT2D eigenvalue weighted by atomic mass is 10.2. The van der Waals surface area contributed by atoms with Gasteiger partial charge in [0.2, 0.25) is 0 Å². The Kier molecular flexibility index (Phi) is 2.69. The number of carbonyl (C=O) groups is 2. The van der Waals surface area contributed by atoms with E-state index in [1.165, 1.54) is 13.0 Å². The Morgan fingerprint density at radius 1 is 1.14 bits per heavy atom. The highest BCUT2D eigenvalue weighted by atomic mass is 19.4. The zero-order chi connectivity index (χ0) is 15.4. The summed E-state index contributed by atoms with van der Waals surface area (Å²) >= 11 is 0. The highest BCUT2D eigenvalue weighted by Crippen LogP contribution is 2.35. The number of aryl methyl sites for hydroxylation is 1. The average Bonchev–Trinajstić information content (AvgIpc) is 2.90. The molecule has 1 aliphatic rings. The molecule has 108 valence electrons. The van der Waals surface area contributed by atoms with Crippen LogP contribution in [0.4, 0.5) is 18.9 Å². The maximum absolute atomic E-state index is 12.7. The largest absolute Gasteiger partial charge is 0.468 e. The van der Waals surface area contributed by atoms with Gasteiger partial charge in [-0.25, -0.2) is 4.90 Å². The first-order chi connectivity index (χ1) is 9.80. The van der Waals surface area contributed by atoms with Crippen LogP contribution in [0.5, 0.6) is 0 Å². The molecule has 0 spiro atoms. The molecule has 7 heteroatoms. The number of anilines is 1. The van der Waals surface area contributed by atoms with Crippen molar-refractivity contribution in [2.24, 2.45) is 0 Å². The van der Waals surface area contributed by atoms with Gasteiger partial charge in [0.15, 0.2) is 0 Å². The molecule has 0 N–H and O–H groups in total.